The van der Waals surface area contributed by atoms with Gasteiger partial charge in [-0.2, -0.15) is 0 Å². The molecule has 0 aliphatic heterocycles. The van der Waals surface area contributed by atoms with Gasteiger partial charge in [-0.3, -0.25) is 9.97 Å². The zero-order chi connectivity index (χ0) is 36.7. The summed E-state index contributed by atoms with van der Waals surface area (Å²) in [7, 11) is 0. The van der Waals surface area contributed by atoms with Gasteiger partial charge in [-0.15, -0.1) is 0 Å². The molecule has 0 atom stereocenters. The van der Waals surface area contributed by atoms with Crippen LogP contribution >= 0.6 is 0 Å². The highest BCUT2D eigenvalue weighted by molar-refractivity contribution is 6.24. The normalized spacial score (nSPS) is 11.9. The Kier molecular flexibility index (Phi) is 6.56. The van der Waals surface area contributed by atoms with Crippen LogP contribution < -0.4 is 0 Å². The number of hydrogen-bond donors (Lipinski definition) is 0. The summed E-state index contributed by atoms with van der Waals surface area (Å²) in [5, 5.41) is 7.53. The quantitative estimate of drug-likeness (QED) is 0.178. The molecule has 0 aliphatic rings. The monoisotopic (exact) mass is 713 g/mol. The van der Waals surface area contributed by atoms with Gasteiger partial charge >= 0.3 is 0 Å². The van der Waals surface area contributed by atoms with Crippen LogP contribution in [0.1, 0.15) is 0 Å². The number of fused-ring (bicyclic) bond motifs is 9. The van der Waals surface area contributed by atoms with Crippen molar-refractivity contribution in [2.45, 2.75) is 0 Å². The number of benzene rings is 6. The zero-order valence-electron chi connectivity index (χ0n) is 30.1. The Bertz CT molecular complexity index is 3310. The Morgan fingerprint density at radius 1 is 0.321 bits per heavy atom. The highest BCUT2D eigenvalue weighted by atomic mass is 15.0. The van der Waals surface area contributed by atoms with E-state index in [4.69, 9.17) is 4.98 Å². The summed E-state index contributed by atoms with van der Waals surface area (Å²) in [5.74, 6) is 0. The molecule has 6 aromatic heterocycles. The molecular weight excluding hydrogens is 683 g/mol. The smallest absolute Gasteiger partial charge is 0.0716 e. The summed E-state index contributed by atoms with van der Waals surface area (Å²) < 4.78 is 4.83. The highest BCUT2D eigenvalue weighted by Crippen LogP contribution is 2.43. The van der Waals surface area contributed by atoms with Crippen LogP contribution in [-0.2, 0) is 0 Å². The van der Waals surface area contributed by atoms with Gasteiger partial charge in [-0.05, 0) is 119 Å². The SMILES string of the molecule is c1ccc(-n2c3ccc(-c4cc(-c5ccncc5)nc(-c5ccncc5)c4)cc3c3cc(-c4cc5c6ccccc6n6c7ccccc7c(c4)c56)ccc32)cc1. The molecule has 12 rings (SSSR count). The molecule has 0 aliphatic carbocycles. The minimum Gasteiger partial charge on any atom is -0.309 e. The van der Waals surface area contributed by atoms with Crippen molar-refractivity contribution in [2.24, 2.45) is 0 Å². The van der Waals surface area contributed by atoms with E-state index in [1.807, 2.05) is 49.1 Å². The van der Waals surface area contributed by atoms with E-state index in [1.165, 1.54) is 65.5 Å². The second kappa shape index (κ2) is 11.9. The number of rotatable bonds is 5. The molecule has 0 bridgehead atoms. The molecular formula is C51H31N5. The number of nitrogens with zero attached hydrogens (tertiary/aromatic N) is 5. The topological polar surface area (TPSA) is 48.0 Å². The average molecular weight is 714 g/mol. The maximum Gasteiger partial charge on any atom is 0.0716 e. The average Bonchev–Trinajstić information content (AvgIpc) is 3.91. The van der Waals surface area contributed by atoms with Crippen molar-refractivity contribution in [2.75, 3.05) is 0 Å². The van der Waals surface area contributed by atoms with Crippen LogP contribution in [0.15, 0.2) is 189 Å². The van der Waals surface area contributed by atoms with E-state index in [2.05, 4.69) is 158 Å². The van der Waals surface area contributed by atoms with E-state index in [-0.39, 0.29) is 0 Å². The van der Waals surface area contributed by atoms with Crippen molar-refractivity contribution < 1.29 is 0 Å². The number of pyridine rings is 3. The molecule has 0 saturated heterocycles. The summed E-state index contributed by atoms with van der Waals surface area (Å²) in [6.07, 6.45) is 7.28. The zero-order valence-corrected chi connectivity index (χ0v) is 30.1. The largest absolute Gasteiger partial charge is 0.309 e. The van der Waals surface area contributed by atoms with Crippen molar-refractivity contribution in [3.8, 4) is 50.5 Å². The van der Waals surface area contributed by atoms with Crippen molar-refractivity contribution >= 4 is 59.9 Å². The molecule has 0 N–H and O–H groups in total. The van der Waals surface area contributed by atoms with E-state index in [0.29, 0.717) is 0 Å². The molecule has 0 unspecified atom stereocenters. The van der Waals surface area contributed by atoms with Crippen LogP contribution in [0.5, 0.6) is 0 Å². The first-order valence-electron chi connectivity index (χ1n) is 18.9. The molecule has 6 heterocycles. The van der Waals surface area contributed by atoms with E-state index >= 15 is 0 Å². The molecule has 5 nitrogen and oxygen atoms in total. The summed E-state index contributed by atoms with van der Waals surface area (Å²) in [6, 6.07) is 59.3. The van der Waals surface area contributed by atoms with Gasteiger partial charge in [0.05, 0.1) is 39.0 Å². The van der Waals surface area contributed by atoms with Crippen molar-refractivity contribution in [3.05, 3.63) is 189 Å². The number of hydrogen-bond acceptors (Lipinski definition) is 3. The molecule has 6 aromatic carbocycles. The molecule has 12 aromatic rings. The fourth-order valence-electron chi connectivity index (χ4n) is 8.89. The molecule has 5 heteroatoms. The van der Waals surface area contributed by atoms with Gasteiger partial charge in [0.15, 0.2) is 0 Å². The van der Waals surface area contributed by atoms with Gasteiger partial charge in [-0.1, -0.05) is 66.7 Å². The molecule has 0 fully saturated rings. The van der Waals surface area contributed by atoms with Gasteiger partial charge in [0.1, 0.15) is 0 Å². The lowest BCUT2D eigenvalue weighted by Crippen LogP contribution is -1.93. The Morgan fingerprint density at radius 2 is 0.786 bits per heavy atom. The molecule has 0 saturated carbocycles. The van der Waals surface area contributed by atoms with Gasteiger partial charge in [0, 0.05) is 73.9 Å². The fourth-order valence-corrected chi connectivity index (χ4v) is 8.89. The summed E-state index contributed by atoms with van der Waals surface area (Å²) >= 11 is 0. The molecule has 0 spiro atoms. The highest BCUT2D eigenvalue weighted by Gasteiger charge is 2.20. The van der Waals surface area contributed by atoms with Crippen molar-refractivity contribution in [1.82, 2.24) is 23.9 Å². The van der Waals surface area contributed by atoms with Crippen LogP contribution in [0.4, 0.5) is 0 Å². The van der Waals surface area contributed by atoms with E-state index in [9.17, 15) is 0 Å². The summed E-state index contributed by atoms with van der Waals surface area (Å²) in [6.45, 7) is 0. The van der Waals surface area contributed by atoms with Crippen LogP contribution in [0.25, 0.3) is 110 Å². The number of para-hydroxylation sites is 3. The van der Waals surface area contributed by atoms with Crippen LogP contribution in [0, 0.1) is 0 Å². The third kappa shape index (κ3) is 4.58. The molecule has 0 amide bonds. The Balaban J connectivity index is 1.11. The van der Waals surface area contributed by atoms with Crippen molar-refractivity contribution in [3.63, 3.8) is 0 Å². The fraction of sp³-hybridized carbons (Fsp3) is 0. The lowest BCUT2D eigenvalue weighted by molar-refractivity contribution is 1.18. The summed E-state index contributed by atoms with van der Waals surface area (Å²) in [4.78, 5) is 13.6. The second-order valence-corrected chi connectivity index (χ2v) is 14.5. The lowest BCUT2D eigenvalue weighted by Gasteiger charge is -2.11. The van der Waals surface area contributed by atoms with E-state index in [1.54, 1.807) is 0 Å². The first kappa shape index (κ1) is 30.8. The van der Waals surface area contributed by atoms with Gasteiger partial charge in [-0.25, -0.2) is 4.98 Å². The van der Waals surface area contributed by atoms with Gasteiger partial charge in [0.25, 0.3) is 0 Å². The van der Waals surface area contributed by atoms with Crippen LogP contribution in [0.2, 0.25) is 0 Å². The summed E-state index contributed by atoms with van der Waals surface area (Å²) in [5.41, 5.74) is 15.7. The first-order valence-corrected chi connectivity index (χ1v) is 18.9. The lowest BCUT2D eigenvalue weighted by atomic mass is 9.97. The minimum atomic E-state index is 0.900. The molecule has 260 valence electrons. The standard InChI is InChI=1S/C51H31N5/c1-2-8-38(9-3-1)55-49-16-14-34(36-28-43-39-10-4-6-12-47(39)56-48-13-7-5-11-40(48)44(29-36)51(43)56)26-41(49)42-27-35(15-17-50(42)55)37-30-45(32-18-22-52-23-19-32)54-46(31-37)33-20-24-53-25-21-33/h1-31H. The van der Waals surface area contributed by atoms with Gasteiger partial charge < -0.3 is 8.97 Å². The third-order valence-corrected chi connectivity index (χ3v) is 11.4. The Labute approximate surface area is 321 Å². The first-order chi connectivity index (χ1) is 27.8. The maximum atomic E-state index is 5.11. The van der Waals surface area contributed by atoms with Gasteiger partial charge in [0.2, 0.25) is 0 Å². The van der Waals surface area contributed by atoms with Crippen molar-refractivity contribution in [1.29, 1.82) is 0 Å². The molecule has 0 radical (unpaired) electrons. The third-order valence-electron chi connectivity index (χ3n) is 11.4. The Hall–Kier alpha value is -7.63. The predicted molar refractivity (Wildman–Crippen MR) is 231 cm³/mol. The second-order valence-electron chi connectivity index (χ2n) is 14.5. The molecule has 56 heavy (non-hydrogen) atoms. The Morgan fingerprint density at radius 3 is 1.32 bits per heavy atom. The number of aromatic nitrogens is 5. The van der Waals surface area contributed by atoms with Crippen LogP contribution in [-0.4, -0.2) is 23.9 Å². The maximum absolute atomic E-state index is 5.11. The minimum absolute atomic E-state index is 0.900. The van der Waals surface area contributed by atoms with E-state index < -0.39 is 0 Å². The van der Waals surface area contributed by atoms with E-state index in [0.717, 1.165) is 44.8 Å². The predicted octanol–water partition coefficient (Wildman–Crippen LogP) is 12.8. The van der Waals surface area contributed by atoms with Crippen LogP contribution in [0.3, 0.4) is 0 Å².